The molecule has 64 valence electrons. The predicted octanol–water partition coefficient (Wildman–Crippen LogP) is -0.301. The van der Waals surface area contributed by atoms with Crippen molar-refractivity contribution in [1.29, 1.82) is 0 Å². The fourth-order valence-electron chi connectivity index (χ4n) is 1.09. The van der Waals surface area contributed by atoms with E-state index in [1.165, 1.54) is 6.92 Å². The van der Waals surface area contributed by atoms with Crippen molar-refractivity contribution < 1.29 is 19.4 Å². The summed E-state index contributed by atoms with van der Waals surface area (Å²) in [6.07, 6.45) is -0.274. The summed E-state index contributed by atoms with van der Waals surface area (Å²) in [5.74, 6) is -0.326. The van der Waals surface area contributed by atoms with Gasteiger partial charge in [-0.2, -0.15) is 0 Å². The molecular weight excluding hydrogens is 148 g/mol. The van der Waals surface area contributed by atoms with Crippen molar-refractivity contribution in [2.24, 2.45) is 0 Å². The first-order valence-electron chi connectivity index (χ1n) is 3.61. The molecule has 1 rings (SSSR count). The van der Waals surface area contributed by atoms with Crippen molar-refractivity contribution >= 4 is 5.97 Å². The van der Waals surface area contributed by atoms with Crippen LogP contribution in [0.15, 0.2) is 0 Å². The minimum Gasteiger partial charge on any atom is -0.460 e. The third-order valence-corrected chi connectivity index (χ3v) is 1.48. The molecule has 0 amide bonds. The van der Waals surface area contributed by atoms with Crippen molar-refractivity contribution in [2.75, 3.05) is 13.2 Å². The molecule has 0 spiro atoms. The standard InChI is InChI=1S/C7H12O4/c1-5(8)11-7-2-6(9)3-10-4-7/h6-7,9H,2-4H2,1H3/t6-,7+/m0/s1. The monoisotopic (exact) mass is 160 g/mol. The summed E-state index contributed by atoms with van der Waals surface area (Å²) in [6.45, 7) is 2.09. The van der Waals surface area contributed by atoms with E-state index in [0.29, 0.717) is 19.6 Å². The minimum absolute atomic E-state index is 0.267. The molecule has 0 aromatic rings. The molecule has 4 nitrogen and oxygen atoms in total. The maximum Gasteiger partial charge on any atom is 0.302 e. The molecule has 0 saturated carbocycles. The maximum atomic E-state index is 10.5. The van der Waals surface area contributed by atoms with Gasteiger partial charge in [0, 0.05) is 13.3 Å². The normalized spacial score (nSPS) is 31.5. The second-order valence-corrected chi connectivity index (χ2v) is 2.66. The number of ether oxygens (including phenoxy) is 2. The predicted molar refractivity (Wildman–Crippen MR) is 37.0 cm³/mol. The largest absolute Gasteiger partial charge is 0.460 e. The molecule has 1 aliphatic rings. The van der Waals surface area contributed by atoms with E-state index in [1.54, 1.807) is 0 Å². The lowest BCUT2D eigenvalue weighted by atomic mass is 10.1. The number of carbonyl (C=O) groups excluding carboxylic acids is 1. The Labute approximate surface area is 65.1 Å². The fraction of sp³-hybridized carbons (Fsp3) is 0.857. The van der Waals surface area contributed by atoms with Gasteiger partial charge < -0.3 is 14.6 Å². The average molecular weight is 160 g/mol. The summed E-state index contributed by atoms with van der Waals surface area (Å²) >= 11 is 0. The quantitative estimate of drug-likeness (QED) is 0.535. The van der Waals surface area contributed by atoms with Crippen molar-refractivity contribution in [1.82, 2.24) is 0 Å². The Kier molecular flexibility index (Phi) is 2.84. The van der Waals surface area contributed by atoms with E-state index in [0.717, 1.165) is 0 Å². The van der Waals surface area contributed by atoms with Gasteiger partial charge in [-0.3, -0.25) is 4.79 Å². The van der Waals surface area contributed by atoms with Gasteiger partial charge >= 0.3 is 5.97 Å². The minimum atomic E-state index is -0.493. The van der Waals surface area contributed by atoms with E-state index in [1.807, 2.05) is 0 Å². The topological polar surface area (TPSA) is 55.8 Å². The molecule has 0 unspecified atom stereocenters. The van der Waals surface area contributed by atoms with E-state index in [2.05, 4.69) is 0 Å². The molecule has 0 aromatic heterocycles. The molecule has 0 bridgehead atoms. The molecule has 1 fully saturated rings. The highest BCUT2D eigenvalue weighted by Gasteiger charge is 2.22. The summed E-state index contributed by atoms with van der Waals surface area (Å²) in [4.78, 5) is 10.5. The number of esters is 1. The summed E-state index contributed by atoms with van der Waals surface area (Å²) < 4.78 is 9.81. The SMILES string of the molecule is CC(=O)O[C@H]1COC[C@@H](O)C1. The molecule has 4 heteroatoms. The van der Waals surface area contributed by atoms with Crippen LogP contribution in [0, 0.1) is 0 Å². The first-order valence-corrected chi connectivity index (χ1v) is 3.61. The molecule has 0 radical (unpaired) electrons. The van der Waals surface area contributed by atoms with Crippen LogP contribution >= 0.6 is 0 Å². The molecule has 0 aliphatic carbocycles. The van der Waals surface area contributed by atoms with E-state index >= 15 is 0 Å². The highest BCUT2D eigenvalue weighted by Crippen LogP contribution is 2.10. The third kappa shape index (κ3) is 2.86. The smallest absolute Gasteiger partial charge is 0.302 e. The van der Waals surface area contributed by atoms with Crippen LogP contribution < -0.4 is 0 Å². The van der Waals surface area contributed by atoms with Crippen LogP contribution in [-0.2, 0) is 14.3 Å². The number of rotatable bonds is 1. The van der Waals surface area contributed by atoms with Gasteiger partial charge in [0.25, 0.3) is 0 Å². The van der Waals surface area contributed by atoms with Gasteiger partial charge in [0.1, 0.15) is 6.10 Å². The van der Waals surface area contributed by atoms with Gasteiger partial charge in [0.05, 0.1) is 19.3 Å². The Balaban J connectivity index is 2.28. The summed E-state index contributed by atoms with van der Waals surface area (Å²) in [6, 6.07) is 0. The molecule has 1 heterocycles. The molecule has 1 saturated heterocycles. The highest BCUT2D eigenvalue weighted by molar-refractivity contribution is 5.66. The Morgan fingerprint density at radius 2 is 2.36 bits per heavy atom. The number of carbonyl (C=O) groups is 1. The number of aliphatic hydroxyl groups excluding tert-OH is 1. The lowest BCUT2D eigenvalue weighted by molar-refractivity contribution is -0.157. The summed E-state index contributed by atoms with van der Waals surface area (Å²) in [5, 5.41) is 9.08. The number of hydrogen-bond acceptors (Lipinski definition) is 4. The Bertz CT molecular complexity index is 145. The van der Waals surface area contributed by atoms with Crippen LogP contribution in [0.1, 0.15) is 13.3 Å². The second-order valence-electron chi connectivity index (χ2n) is 2.66. The van der Waals surface area contributed by atoms with E-state index in [4.69, 9.17) is 14.6 Å². The van der Waals surface area contributed by atoms with Crippen molar-refractivity contribution in [3.63, 3.8) is 0 Å². The third-order valence-electron chi connectivity index (χ3n) is 1.48. The lowest BCUT2D eigenvalue weighted by Crippen LogP contribution is -2.35. The van der Waals surface area contributed by atoms with Gasteiger partial charge in [0.2, 0.25) is 0 Å². The summed E-state index contributed by atoms with van der Waals surface area (Å²) in [5.41, 5.74) is 0. The first-order chi connectivity index (χ1) is 5.18. The van der Waals surface area contributed by atoms with E-state index < -0.39 is 6.10 Å². The zero-order valence-corrected chi connectivity index (χ0v) is 6.45. The van der Waals surface area contributed by atoms with Gasteiger partial charge in [0.15, 0.2) is 0 Å². The van der Waals surface area contributed by atoms with Gasteiger partial charge in [-0.1, -0.05) is 0 Å². The van der Waals surface area contributed by atoms with Crippen LogP contribution in [0.5, 0.6) is 0 Å². The molecule has 11 heavy (non-hydrogen) atoms. The number of aliphatic hydroxyl groups is 1. The highest BCUT2D eigenvalue weighted by atomic mass is 16.6. The van der Waals surface area contributed by atoms with Gasteiger partial charge in [-0.25, -0.2) is 0 Å². The molecule has 1 aliphatic heterocycles. The van der Waals surface area contributed by atoms with Crippen LogP contribution in [0.3, 0.4) is 0 Å². The molecule has 1 N–H and O–H groups in total. The zero-order chi connectivity index (χ0) is 8.27. The molecule has 0 aromatic carbocycles. The van der Waals surface area contributed by atoms with Crippen molar-refractivity contribution in [2.45, 2.75) is 25.6 Å². The van der Waals surface area contributed by atoms with E-state index in [9.17, 15) is 4.79 Å². The molecular formula is C7H12O4. The van der Waals surface area contributed by atoms with Crippen LogP contribution in [0.2, 0.25) is 0 Å². The van der Waals surface area contributed by atoms with Crippen LogP contribution in [0.25, 0.3) is 0 Å². The van der Waals surface area contributed by atoms with Crippen LogP contribution in [-0.4, -0.2) is 36.5 Å². The Hall–Kier alpha value is -0.610. The van der Waals surface area contributed by atoms with E-state index in [-0.39, 0.29) is 12.1 Å². The van der Waals surface area contributed by atoms with Crippen molar-refractivity contribution in [3.05, 3.63) is 0 Å². The molecule has 2 atom stereocenters. The zero-order valence-electron chi connectivity index (χ0n) is 6.45. The summed E-state index contributed by atoms with van der Waals surface area (Å²) in [7, 11) is 0. The maximum absolute atomic E-state index is 10.5. The fourth-order valence-corrected chi connectivity index (χ4v) is 1.09. The second kappa shape index (κ2) is 3.69. The van der Waals surface area contributed by atoms with Crippen molar-refractivity contribution in [3.8, 4) is 0 Å². The average Bonchev–Trinajstić information content (AvgIpc) is 1.85. The Morgan fingerprint density at radius 3 is 2.91 bits per heavy atom. The first kappa shape index (κ1) is 8.49. The van der Waals surface area contributed by atoms with Gasteiger partial charge in [-0.15, -0.1) is 0 Å². The van der Waals surface area contributed by atoms with Gasteiger partial charge in [-0.05, 0) is 0 Å². The number of hydrogen-bond donors (Lipinski definition) is 1. The van der Waals surface area contributed by atoms with Crippen LogP contribution in [0.4, 0.5) is 0 Å². The Morgan fingerprint density at radius 1 is 1.64 bits per heavy atom. The lowest BCUT2D eigenvalue weighted by Gasteiger charge is -2.25.